The zero-order valence-electron chi connectivity index (χ0n) is 17.7. The zero-order chi connectivity index (χ0) is 22.3. The summed E-state index contributed by atoms with van der Waals surface area (Å²) in [6.45, 7) is 4.24. The molecule has 0 radical (unpaired) electrons. The SMILES string of the molecule is C=CCO[C@@H]1[C@@H](N=[N+]=[N-])[C@H](Oc2ccc(OC)cc2)O[C@@H]2COC(c3ccccc3)O[C@@H]12. The van der Waals surface area contributed by atoms with E-state index in [1.165, 1.54) is 0 Å². The molecule has 1 unspecified atom stereocenters. The van der Waals surface area contributed by atoms with Crippen LogP contribution < -0.4 is 9.47 Å². The number of rotatable bonds is 8. The monoisotopic (exact) mass is 439 g/mol. The minimum absolute atomic E-state index is 0.251. The van der Waals surface area contributed by atoms with Gasteiger partial charge >= 0.3 is 0 Å². The standard InChI is InChI=1S/C23H25N3O6/c1-3-13-28-21-19(25-26-24)23(30-17-11-9-16(27-2)10-12-17)31-18-14-29-22(32-20(18)21)15-7-5-4-6-8-15/h3-12,18-23H,1,13-14H2,2H3/t18-,19-,20-,21-,22?,23-/m1/s1. The number of ether oxygens (including phenoxy) is 6. The summed E-state index contributed by atoms with van der Waals surface area (Å²) in [5.74, 6) is 1.23. The second-order valence-corrected chi connectivity index (χ2v) is 7.30. The van der Waals surface area contributed by atoms with Gasteiger partial charge in [-0.15, -0.1) is 6.58 Å². The average Bonchev–Trinajstić information content (AvgIpc) is 2.84. The van der Waals surface area contributed by atoms with Crippen molar-refractivity contribution in [2.45, 2.75) is 36.9 Å². The number of azide groups is 1. The Labute approximate surface area is 186 Å². The van der Waals surface area contributed by atoms with Crippen LogP contribution in [0.15, 0.2) is 72.4 Å². The number of methoxy groups -OCH3 is 1. The average molecular weight is 439 g/mol. The van der Waals surface area contributed by atoms with E-state index in [0.29, 0.717) is 11.5 Å². The lowest BCUT2D eigenvalue weighted by atomic mass is 9.96. The molecule has 0 amide bonds. The van der Waals surface area contributed by atoms with Crippen molar-refractivity contribution in [3.05, 3.63) is 83.3 Å². The third kappa shape index (κ3) is 4.88. The summed E-state index contributed by atoms with van der Waals surface area (Å²) in [6.07, 6.45) is -1.47. The molecule has 0 bridgehead atoms. The highest BCUT2D eigenvalue weighted by atomic mass is 16.8. The molecule has 2 fully saturated rings. The van der Waals surface area contributed by atoms with Gasteiger partial charge in [-0.2, -0.15) is 0 Å². The summed E-state index contributed by atoms with van der Waals surface area (Å²) in [5.41, 5.74) is 10.1. The van der Waals surface area contributed by atoms with Crippen molar-refractivity contribution in [1.29, 1.82) is 0 Å². The highest BCUT2D eigenvalue weighted by molar-refractivity contribution is 5.31. The van der Waals surface area contributed by atoms with Crippen molar-refractivity contribution in [2.24, 2.45) is 5.11 Å². The maximum Gasteiger partial charge on any atom is 0.211 e. The van der Waals surface area contributed by atoms with Gasteiger partial charge in [-0.25, -0.2) is 0 Å². The maximum absolute atomic E-state index is 9.23. The van der Waals surface area contributed by atoms with E-state index in [4.69, 9.17) is 28.4 Å². The van der Waals surface area contributed by atoms with Crippen molar-refractivity contribution >= 4 is 0 Å². The van der Waals surface area contributed by atoms with Gasteiger partial charge in [0.1, 0.15) is 35.9 Å². The zero-order valence-corrected chi connectivity index (χ0v) is 17.7. The first-order chi connectivity index (χ1) is 15.7. The first-order valence-corrected chi connectivity index (χ1v) is 10.3. The van der Waals surface area contributed by atoms with Gasteiger partial charge in [-0.3, -0.25) is 0 Å². The molecule has 2 aromatic carbocycles. The highest BCUT2D eigenvalue weighted by Gasteiger charge is 2.51. The lowest BCUT2D eigenvalue weighted by Crippen LogP contribution is -2.63. The fourth-order valence-corrected chi connectivity index (χ4v) is 3.78. The van der Waals surface area contributed by atoms with Gasteiger partial charge in [-0.05, 0) is 29.8 Å². The fourth-order valence-electron chi connectivity index (χ4n) is 3.78. The van der Waals surface area contributed by atoms with Crippen molar-refractivity contribution in [2.75, 3.05) is 20.3 Å². The van der Waals surface area contributed by atoms with Gasteiger partial charge in [0.05, 0.1) is 20.3 Å². The molecule has 168 valence electrons. The summed E-state index contributed by atoms with van der Waals surface area (Å²) in [6, 6.07) is 15.9. The second kappa shape index (κ2) is 10.5. The molecule has 2 heterocycles. The van der Waals surface area contributed by atoms with Crippen molar-refractivity contribution < 1.29 is 28.4 Å². The lowest BCUT2D eigenvalue weighted by Gasteiger charge is -2.47. The van der Waals surface area contributed by atoms with E-state index >= 15 is 0 Å². The summed E-state index contributed by atoms with van der Waals surface area (Å²) in [7, 11) is 1.59. The van der Waals surface area contributed by atoms with Gasteiger partial charge in [-0.1, -0.05) is 41.5 Å². The summed E-state index contributed by atoms with van der Waals surface area (Å²) in [5, 5.41) is 3.94. The van der Waals surface area contributed by atoms with E-state index in [-0.39, 0.29) is 13.2 Å². The molecule has 9 heteroatoms. The molecule has 0 saturated carbocycles. The van der Waals surface area contributed by atoms with Crippen LogP contribution in [0, 0.1) is 0 Å². The number of hydrogen-bond donors (Lipinski definition) is 0. The van der Waals surface area contributed by atoms with Crippen LogP contribution in [0.1, 0.15) is 11.9 Å². The minimum Gasteiger partial charge on any atom is -0.497 e. The normalized spacial score (nSPS) is 29.3. The van der Waals surface area contributed by atoms with Crippen LogP contribution in [0.4, 0.5) is 0 Å². The molecule has 32 heavy (non-hydrogen) atoms. The Kier molecular flexibility index (Phi) is 7.26. The molecule has 0 N–H and O–H groups in total. The molecule has 0 aliphatic carbocycles. The molecule has 2 aliphatic heterocycles. The Hall–Kier alpha value is -3.07. The van der Waals surface area contributed by atoms with Crippen molar-refractivity contribution in [1.82, 2.24) is 0 Å². The largest absolute Gasteiger partial charge is 0.497 e. The van der Waals surface area contributed by atoms with Gasteiger partial charge < -0.3 is 28.4 Å². The van der Waals surface area contributed by atoms with Crippen LogP contribution in [-0.4, -0.2) is 51.0 Å². The number of hydrogen-bond acceptors (Lipinski definition) is 7. The maximum atomic E-state index is 9.23. The molecule has 2 aliphatic rings. The van der Waals surface area contributed by atoms with Gasteiger partial charge in [0.25, 0.3) is 0 Å². The summed E-state index contributed by atoms with van der Waals surface area (Å²) >= 11 is 0. The molecule has 0 aromatic heterocycles. The first-order valence-electron chi connectivity index (χ1n) is 10.3. The van der Waals surface area contributed by atoms with Crippen LogP contribution in [0.5, 0.6) is 11.5 Å². The quantitative estimate of drug-likeness (QED) is 0.265. The fraction of sp³-hybridized carbons (Fsp3) is 0.391. The number of nitrogens with zero attached hydrogens (tertiary/aromatic N) is 3. The minimum atomic E-state index is -0.893. The Balaban J connectivity index is 1.58. The molecule has 4 rings (SSSR count). The van der Waals surface area contributed by atoms with Gasteiger partial charge in [0, 0.05) is 10.5 Å². The highest BCUT2D eigenvalue weighted by Crippen LogP contribution is 2.37. The number of fused-ring (bicyclic) bond motifs is 1. The van der Waals surface area contributed by atoms with Gasteiger partial charge in [0.15, 0.2) is 6.29 Å². The Morgan fingerprint density at radius 2 is 1.88 bits per heavy atom. The second-order valence-electron chi connectivity index (χ2n) is 7.30. The third-order valence-electron chi connectivity index (χ3n) is 5.28. The van der Waals surface area contributed by atoms with E-state index in [9.17, 15) is 5.53 Å². The van der Waals surface area contributed by atoms with E-state index in [1.807, 2.05) is 30.3 Å². The van der Waals surface area contributed by atoms with E-state index in [0.717, 1.165) is 5.56 Å². The molecular formula is C23H25N3O6. The van der Waals surface area contributed by atoms with E-state index < -0.39 is 36.9 Å². The third-order valence-corrected chi connectivity index (χ3v) is 5.28. The lowest BCUT2D eigenvalue weighted by molar-refractivity contribution is -0.335. The molecule has 6 atom stereocenters. The van der Waals surface area contributed by atoms with Crippen molar-refractivity contribution in [3.8, 4) is 11.5 Å². The van der Waals surface area contributed by atoms with Gasteiger partial charge in [0.2, 0.25) is 6.29 Å². The van der Waals surface area contributed by atoms with Crippen LogP contribution in [0.3, 0.4) is 0 Å². The van der Waals surface area contributed by atoms with E-state index in [1.54, 1.807) is 37.5 Å². The van der Waals surface area contributed by atoms with Crippen molar-refractivity contribution in [3.63, 3.8) is 0 Å². The van der Waals surface area contributed by atoms with Crippen LogP contribution in [0.2, 0.25) is 0 Å². The van der Waals surface area contributed by atoms with Crippen LogP contribution in [0.25, 0.3) is 10.4 Å². The molecular weight excluding hydrogens is 414 g/mol. The van der Waals surface area contributed by atoms with Crippen LogP contribution in [-0.2, 0) is 18.9 Å². The Morgan fingerprint density at radius 3 is 2.56 bits per heavy atom. The Bertz CT molecular complexity index is 935. The molecule has 0 spiro atoms. The predicted molar refractivity (Wildman–Crippen MR) is 115 cm³/mol. The number of benzene rings is 2. The summed E-state index contributed by atoms with van der Waals surface area (Å²) < 4.78 is 35.5. The molecule has 2 saturated heterocycles. The smallest absolute Gasteiger partial charge is 0.211 e. The molecule has 2 aromatic rings. The Morgan fingerprint density at radius 1 is 1.12 bits per heavy atom. The van der Waals surface area contributed by atoms with Crippen LogP contribution >= 0.6 is 0 Å². The predicted octanol–water partition coefficient (Wildman–Crippen LogP) is 4.16. The topological polar surface area (TPSA) is 104 Å². The first kappa shape index (κ1) is 22.1. The summed E-state index contributed by atoms with van der Waals surface area (Å²) in [4.78, 5) is 3.00. The molecule has 9 nitrogen and oxygen atoms in total. The van der Waals surface area contributed by atoms with E-state index in [2.05, 4.69) is 16.6 Å².